The van der Waals surface area contributed by atoms with Crippen LogP contribution in [0.3, 0.4) is 0 Å². The van der Waals surface area contributed by atoms with E-state index in [1.54, 1.807) is 5.48 Å². The van der Waals surface area contributed by atoms with Gasteiger partial charge in [-0.2, -0.15) is 0 Å². The summed E-state index contributed by atoms with van der Waals surface area (Å²) in [6.45, 7) is 4.80. The number of unbranched alkanes of at least 4 members (excludes halogenated alkanes) is 1. The van der Waals surface area contributed by atoms with E-state index in [1.807, 2.05) is 42.5 Å². The van der Waals surface area contributed by atoms with E-state index in [2.05, 4.69) is 21.6 Å². The molecule has 178 valence electrons. The lowest BCUT2D eigenvalue weighted by Crippen LogP contribution is -2.42. The Morgan fingerprint density at radius 2 is 1.64 bits per heavy atom. The molecule has 4 N–H and O–H groups in total. The highest BCUT2D eigenvalue weighted by atomic mass is 16.5. The zero-order chi connectivity index (χ0) is 23.3. The van der Waals surface area contributed by atoms with Crippen LogP contribution in [0, 0.1) is 0 Å². The summed E-state index contributed by atoms with van der Waals surface area (Å²) < 4.78 is 5.33. The van der Waals surface area contributed by atoms with Gasteiger partial charge in [0.25, 0.3) is 0 Å². The van der Waals surface area contributed by atoms with Crippen LogP contribution >= 0.6 is 0 Å². The molecule has 2 aromatic carbocycles. The highest BCUT2D eigenvalue weighted by molar-refractivity contribution is 5.89. The van der Waals surface area contributed by atoms with Crippen LogP contribution in [0.4, 0.5) is 10.5 Å². The molecule has 1 fully saturated rings. The molecule has 0 atom stereocenters. The maximum absolute atomic E-state index is 12.2. The zero-order valence-corrected chi connectivity index (χ0v) is 19.0. The van der Waals surface area contributed by atoms with Gasteiger partial charge in [-0.15, -0.1) is 0 Å². The van der Waals surface area contributed by atoms with Gasteiger partial charge < -0.3 is 15.4 Å². The fourth-order valence-corrected chi connectivity index (χ4v) is 3.84. The van der Waals surface area contributed by atoms with Crippen molar-refractivity contribution < 1.29 is 19.5 Å². The number of amides is 3. The predicted octanol–water partition coefficient (Wildman–Crippen LogP) is 2.75. The van der Waals surface area contributed by atoms with Gasteiger partial charge in [-0.05, 0) is 54.5 Å². The van der Waals surface area contributed by atoms with Gasteiger partial charge in [-0.25, -0.2) is 10.3 Å². The average molecular weight is 455 g/mol. The van der Waals surface area contributed by atoms with Crippen molar-refractivity contribution in [3.05, 3.63) is 65.2 Å². The number of urea groups is 1. The lowest BCUT2D eigenvalue weighted by atomic mass is 10.0. The van der Waals surface area contributed by atoms with Crippen LogP contribution in [0.5, 0.6) is 0 Å². The van der Waals surface area contributed by atoms with Gasteiger partial charge in [0.2, 0.25) is 5.91 Å². The molecule has 0 aromatic heterocycles. The minimum absolute atomic E-state index is 0.174. The number of ether oxygens (including phenoxy) is 1. The maximum Gasteiger partial charge on any atom is 0.319 e. The minimum Gasteiger partial charge on any atom is -0.379 e. The third-order valence-electron chi connectivity index (χ3n) is 5.70. The summed E-state index contributed by atoms with van der Waals surface area (Å²) in [5.74, 6) is -0.412. The van der Waals surface area contributed by atoms with Crippen molar-refractivity contribution in [3.8, 4) is 0 Å². The number of nitrogens with zero attached hydrogens (tertiary/aromatic N) is 1. The van der Waals surface area contributed by atoms with Crippen molar-refractivity contribution in [2.45, 2.75) is 32.1 Å². The number of benzene rings is 2. The summed E-state index contributed by atoms with van der Waals surface area (Å²) in [5.41, 5.74) is 5.76. The van der Waals surface area contributed by atoms with Gasteiger partial charge in [0, 0.05) is 31.9 Å². The highest BCUT2D eigenvalue weighted by Crippen LogP contribution is 2.15. The Morgan fingerprint density at radius 1 is 0.939 bits per heavy atom. The van der Waals surface area contributed by atoms with E-state index in [-0.39, 0.29) is 12.5 Å². The van der Waals surface area contributed by atoms with Crippen molar-refractivity contribution >= 4 is 17.6 Å². The standard InChI is InChI=1S/C25H34N4O4/c30-24(28-32)19-22-10-8-20(9-11-22)4-1-2-5-21-6-3-7-23(18-21)27-25(31)26-12-13-29-14-16-33-17-15-29/h3,6-11,18,32H,1-2,4-5,12-17,19H2,(H,28,30)(H2,26,27,31). The van der Waals surface area contributed by atoms with Gasteiger partial charge in [0.05, 0.1) is 19.6 Å². The first-order valence-corrected chi connectivity index (χ1v) is 11.6. The number of morpholine rings is 1. The fraction of sp³-hybridized carbons (Fsp3) is 0.440. The topological polar surface area (TPSA) is 103 Å². The number of hydroxylamine groups is 1. The van der Waals surface area contributed by atoms with E-state index in [0.29, 0.717) is 6.54 Å². The number of carbonyl (C=O) groups is 2. The summed E-state index contributed by atoms with van der Waals surface area (Å²) >= 11 is 0. The minimum atomic E-state index is -0.412. The zero-order valence-electron chi connectivity index (χ0n) is 19.0. The van der Waals surface area contributed by atoms with Gasteiger partial charge in [0.15, 0.2) is 0 Å². The first-order chi connectivity index (χ1) is 16.1. The third-order valence-corrected chi connectivity index (χ3v) is 5.70. The average Bonchev–Trinajstić information content (AvgIpc) is 2.83. The number of aryl methyl sites for hydroxylation is 2. The van der Waals surface area contributed by atoms with Crippen LogP contribution in [0.25, 0.3) is 0 Å². The van der Waals surface area contributed by atoms with Crippen molar-refractivity contribution in [1.29, 1.82) is 0 Å². The molecule has 0 spiro atoms. The van der Waals surface area contributed by atoms with Gasteiger partial charge in [-0.1, -0.05) is 36.4 Å². The van der Waals surface area contributed by atoms with Gasteiger partial charge in [0.1, 0.15) is 0 Å². The van der Waals surface area contributed by atoms with Crippen LogP contribution in [-0.4, -0.2) is 61.4 Å². The quantitative estimate of drug-likeness (QED) is 0.238. The number of carbonyl (C=O) groups excluding carboxylic acids is 2. The molecule has 3 rings (SSSR count). The largest absolute Gasteiger partial charge is 0.379 e. The van der Waals surface area contributed by atoms with E-state index >= 15 is 0 Å². The molecule has 1 saturated heterocycles. The van der Waals surface area contributed by atoms with Gasteiger partial charge >= 0.3 is 6.03 Å². The summed E-state index contributed by atoms with van der Waals surface area (Å²) in [7, 11) is 0. The van der Waals surface area contributed by atoms with Crippen molar-refractivity contribution in [2.24, 2.45) is 0 Å². The third kappa shape index (κ3) is 9.21. The Hall–Kier alpha value is -2.94. The molecule has 1 aliphatic rings. The molecule has 1 heterocycles. The smallest absolute Gasteiger partial charge is 0.319 e. The molecule has 33 heavy (non-hydrogen) atoms. The fourth-order valence-electron chi connectivity index (χ4n) is 3.84. The van der Waals surface area contributed by atoms with Crippen LogP contribution < -0.4 is 16.1 Å². The van der Waals surface area contributed by atoms with Crippen molar-refractivity contribution in [2.75, 3.05) is 44.7 Å². The summed E-state index contributed by atoms with van der Waals surface area (Å²) in [6.07, 6.45) is 4.19. The monoisotopic (exact) mass is 454 g/mol. The first kappa shape index (κ1) is 24.7. The number of hydrogen-bond donors (Lipinski definition) is 4. The Morgan fingerprint density at radius 3 is 2.36 bits per heavy atom. The molecule has 1 aliphatic heterocycles. The molecule has 3 amide bonds. The molecule has 0 radical (unpaired) electrons. The Bertz CT molecular complexity index is 882. The molecular weight excluding hydrogens is 420 g/mol. The highest BCUT2D eigenvalue weighted by Gasteiger charge is 2.10. The number of hydrogen-bond acceptors (Lipinski definition) is 5. The van der Waals surface area contributed by atoms with Crippen LogP contribution in [0.2, 0.25) is 0 Å². The van der Waals surface area contributed by atoms with E-state index in [4.69, 9.17) is 9.94 Å². The lowest BCUT2D eigenvalue weighted by molar-refractivity contribution is -0.128. The Kier molecular flexibility index (Phi) is 10.2. The number of rotatable bonds is 11. The van der Waals surface area contributed by atoms with Crippen LogP contribution in [0.1, 0.15) is 29.5 Å². The SMILES string of the molecule is O=C(Cc1ccc(CCCCc2cccc(NC(=O)NCCN3CCOCC3)c2)cc1)NO. The summed E-state index contributed by atoms with van der Waals surface area (Å²) in [4.78, 5) is 25.7. The molecule has 0 unspecified atom stereocenters. The normalized spacial score (nSPS) is 14.0. The summed E-state index contributed by atoms with van der Waals surface area (Å²) in [5, 5.41) is 14.4. The van der Waals surface area contributed by atoms with Crippen LogP contribution in [0.15, 0.2) is 48.5 Å². The molecule has 8 nitrogen and oxygen atoms in total. The molecule has 0 saturated carbocycles. The second kappa shape index (κ2) is 13.6. The maximum atomic E-state index is 12.2. The Labute approximate surface area is 195 Å². The van der Waals surface area contributed by atoms with E-state index in [1.165, 1.54) is 11.1 Å². The van der Waals surface area contributed by atoms with Crippen LogP contribution in [-0.2, 0) is 28.8 Å². The second-order valence-electron chi connectivity index (χ2n) is 8.27. The molecular formula is C25H34N4O4. The van der Waals surface area contributed by atoms with E-state index in [9.17, 15) is 9.59 Å². The Balaban J connectivity index is 1.33. The number of nitrogens with one attached hydrogen (secondary N) is 3. The molecule has 0 aliphatic carbocycles. The lowest BCUT2D eigenvalue weighted by Gasteiger charge is -2.26. The predicted molar refractivity (Wildman–Crippen MR) is 127 cm³/mol. The van der Waals surface area contributed by atoms with E-state index in [0.717, 1.165) is 69.8 Å². The van der Waals surface area contributed by atoms with Gasteiger partial charge in [-0.3, -0.25) is 14.9 Å². The molecule has 8 heteroatoms. The summed E-state index contributed by atoms with van der Waals surface area (Å²) in [6, 6.07) is 15.7. The van der Waals surface area contributed by atoms with Crippen molar-refractivity contribution in [3.63, 3.8) is 0 Å². The molecule has 2 aromatic rings. The van der Waals surface area contributed by atoms with E-state index < -0.39 is 5.91 Å². The van der Waals surface area contributed by atoms with Crippen molar-refractivity contribution in [1.82, 2.24) is 15.7 Å². The number of anilines is 1. The molecule has 0 bridgehead atoms. The second-order valence-corrected chi connectivity index (χ2v) is 8.27. The first-order valence-electron chi connectivity index (χ1n) is 11.6.